The first-order valence-electron chi connectivity index (χ1n) is 4.00. The van der Waals surface area contributed by atoms with Crippen LogP contribution in [0.15, 0.2) is 12.1 Å². The predicted octanol–water partition coefficient (Wildman–Crippen LogP) is 3.21. The molecule has 1 aromatic rings. The van der Waals surface area contributed by atoms with Crippen molar-refractivity contribution in [1.29, 1.82) is 0 Å². The van der Waals surface area contributed by atoms with E-state index in [9.17, 15) is 4.39 Å². The van der Waals surface area contributed by atoms with Crippen LogP contribution in [0.2, 0.25) is 0 Å². The molecule has 0 N–H and O–H groups in total. The van der Waals surface area contributed by atoms with Crippen LogP contribution in [0.1, 0.15) is 23.1 Å². The van der Waals surface area contributed by atoms with Crippen molar-refractivity contribution in [2.75, 3.05) is 6.67 Å². The summed E-state index contributed by atoms with van der Waals surface area (Å²) in [6.45, 7) is 1.95. The highest BCUT2D eigenvalue weighted by molar-refractivity contribution is 7.11. The van der Waals surface area contributed by atoms with Gasteiger partial charge in [-0.3, -0.25) is 4.39 Å². The molecule has 0 bridgehead atoms. The van der Waals surface area contributed by atoms with Gasteiger partial charge >= 0.3 is 0 Å². The highest BCUT2D eigenvalue weighted by Crippen LogP contribution is 2.18. The van der Waals surface area contributed by atoms with Crippen LogP contribution in [0.3, 0.4) is 0 Å². The van der Waals surface area contributed by atoms with Gasteiger partial charge in [-0.2, -0.15) is 0 Å². The molecule has 0 atom stereocenters. The van der Waals surface area contributed by atoms with Crippen molar-refractivity contribution in [2.24, 2.45) is 0 Å². The minimum atomic E-state index is -0.195. The van der Waals surface area contributed by atoms with Gasteiger partial charge in [-0.15, -0.1) is 11.3 Å². The normalized spacial score (nSPS) is 10.4. The van der Waals surface area contributed by atoms with Crippen molar-refractivity contribution in [3.8, 4) is 0 Å². The summed E-state index contributed by atoms with van der Waals surface area (Å²) in [7, 11) is 0. The molecule has 0 radical (unpaired) electrons. The molecule has 0 nitrogen and oxygen atoms in total. The van der Waals surface area contributed by atoms with Gasteiger partial charge in [-0.05, 0) is 31.4 Å². The molecule has 0 spiro atoms. The molecule has 1 aromatic heterocycles. The molecule has 0 aromatic carbocycles. The largest absolute Gasteiger partial charge is 0.251 e. The second-order valence-corrected chi connectivity index (χ2v) is 3.77. The van der Waals surface area contributed by atoms with Crippen LogP contribution in [-0.2, 0) is 12.8 Å². The number of thiophene rings is 1. The van der Waals surface area contributed by atoms with Crippen molar-refractivity contribution in [3.63, 3.8) is 0 Å². The summed E-state index contributed by atoms with van der Waals surface area (Å²) < 4.78 is 11.8. The topological polar surface area (TPSA) is 0 Å². The minimum absolute atomic E-state index is 0.195. The van der Waals surface area contributed by atoms with Gasteiger partial charge in [0.1, 0.15) is 0 Å². The van der Waals surface area contributed by atoms with Crippen LogP contribution in [0.4, 0.5) is 4.39 Å². The molecule has 0 aliphatic heterocycles. The first-order valence-corrected chi connectivity index (χ1v) is 4.82. The minimum Gasteiger partial charge on any atom is -0.251 e. The van der Waals surface area contributed by atoms with E-state index in [1.54, 1.807) is 11.3 Å². The van der Waals surface area contributed by atoms with Crippen LogP contribution in [-0.4, -0.2) is 6.67 Å². The fourth-order valence-electron chi connectivity index (χ4n) is 0.988. The molecule has 62 valence electrons. The second kappa shape index (κ2) is 4.50. The Bertz CT molecular complexity index is 205. The Hall–Kier alpha value is -0.370. The number of rotatable bonds is 4. The Labute approximate surface area is 71.1 Å². The van der Waals surface area contributed by atoms with Gasteiger partial charge in [-0.25, -0.2) is 0 Å². The van der Waals surface area contributed by atoms with Gasteiger partial charge < -0.3 is 0 Å². The van der Waals surface area contributed by atoms with Gasteiger partial charge in [0.25, 0.3) is 0 Å². The van der Waals surface area contributed by atoms with Crippen LogP contribution in [0, 0.1) is 0 Å². The SMILES string of the molecule is CCc1ccc(CCCF)s1. The van der Waals surface area contributed by atoms with Crippen molar-refractivity contribution in [2.45, 2.75) is 26.2 Å². The standard InChI is InChI=1S/C9H13FS/c1-2-8-5-6-9(11-8)4-3-7-10/h5-6H,2-4,7H2,1H3. The number of hydrogen-bond acceptors (Lipinski definition) is 1. The van der Waals surface area contributed by atoms with Crippen LogP contribution in [0.5, 0.6) is 0 Å². The number of alkyl halides is 1. The fraction of sp³-hybridized carbons (Fsp3) is 0.556. The highest BCUT2D eigenvalue weighted by atomic mass is 32.1. The van der Waals surface area contributed by atoms with Gasteiger partial charge in [0.15, 0.2) is 0 Å². The molecule has 11 heavy (non-hydrogen) atoms. The summed E-state index contributed by atoms with van der Waals surface area (Å²) in [5.41, 5.74) is 0. The maximum Gasteiger partial charge on any atom is 0.0897 e. The molecule has 0 aliphatic carbocycles. The summed E-state index contributed by atoms with van der Waals surface area (Å²) >= 11 is 1.81. The Morgan fingerprint density at radius 2 is 2.09 bits per heavy atom. The molecular formula is C9H13FS. The molecule has 0 fully saturated rings. The van der Waals surface area contributed by atoms with Crippen molar-refractivity contribution < 1.29 is 4.39 Å². The van der Waals surface area contributed by atoms with Gasteiger partial charge in [0.2, 0.25) is 0 Å². The second-order valence-electron chi connectivity index (χ2n) is 2.51. The van der Waals surface area contributed by atoms with Crippen molar-refractivity contribution >= 4 is 11.3 Å². The summed E-state index contributed by atoms with van der Waals surface area (Å²) in [6.07, 6.45) is 2.67. The van der Waals surface area contributed by atoms with Gasteiger partial charge in [-0.1, -0.05) is 6.92 Å². The van der Waals surface area contributed by atoms with Crippen LogP contribution in [0.25, 0.3) is 0 Å². The zero-order chi connectivity index (χ0) is 8.10. The van der Waals surface area contributed by atoms with Gasteiger partial charge in [0.05, 0.1) is 6.67 Å². The Kier molecular flexibility index (Phi) is 3.57. The van der Waals surface area contributed by atoms with E-state index in [-0.39, 0.29) is 6.67 Å². The van der Waals surface area contributed by atoms with E-state index in [2.05, 4.69) is 19.1 Å². The third kappa shape index (κ3) is 2.62. The van der Waals surface area contributed by atoms with E-state index in [1.165, 1.54) is 9.75 Å². The number of hydrogen-bond donors (Lipinski definition) is 0. The predicted molar refractivity (Wildman–Crippen MR) is 48.0 cm³/mol. The fourth-order valence-corrected chi connectivity index (χ4v) is 1.99. The lowest BCUT2D eigenvalue weighted by Gasteiger charge is -1.90. The number of halogens is 1. The van der Waals surface area contributed by atoms with Crippen LogP contribution < -0.4 is 0 Å². The van der Waals surface area contributed by atoms with E-state index in [4.69, 9.17) is 0 Å². The Morgan fingerprint density at radius 3 is 2.64 bits per heavy atom. The third-order valence-corrected chi connectivity index (χ3v) is 2.91. The van der Waals surface area contributed by atoms with E-state index in [0.29, 0.717) is 6.42 Å². The summed E-state index contributed by atoms with van der Waals surface area (Å²) in [5.74, 6) is 0. The van der Waals surface area contributed by atoms with Gasteiger partial charge in [0, 0.05) is 9.75 Å². The van der Waals surface area contributed by atoms with Crippen molar-refractivity contribution in [1.82, 2.24) is 0 Å². The Balaban J connectivity index is 2.44. The average molecular weight is 172 g/mol. The lowest BCUT2D eigenvalue weighted by Crippen LogP contribution is -1.80. The quantitative estimate of drug-likeness (QED) is 0.654. The average Bonchev–Trinajstić information content (AvgIpc) is 2.48. The van der Waals surface area contributed by atoms with Crippen LogP contribution >= 0.6 is 11.3 Å². The molecule has 0 unspecified atom stereocenters. The molecule has 0 saturated heterocycles. The highest BCUT2D eigenvalue weighted by Gasteiger charge is 1.97. The molecule has 1 heterocycles. The summed E-state index contributed by atoms with van der Waals surface area (Å²) in [5, 5.41) is 0. The van der Waals surface area contributed by atoms with E-state index >= 15 is 0 Å². The molecule has 0 aliphatic rings. The van der Waals surface area contributed by atoms with E-state index in [1.807, 2.05) is 0 Å². The van der Waals surface area contributed by atoms with E-state index < -0.39 is 0 Å². The molecule has 0 amide bonds. The lowest BCUT2D eigenvalue weighted by molar-refractivity contribution is 0.474. The third-order valence-electron chi connectivity index (χ3n) is 1.62. The summed E-state index contributed by atoms with van der Waals surface area (Å²) in [6, 6.07) is 4.25. The molecule has 2 heteroatoms. The zero-order valence-corrected chi connectivity index (χ0v) is 7.59. The maximum atomic E-state index is 11.8. The van der Waals surface area contributed by atoms with E-state index in [0.717, 1.165) is 12.8 Å². The molecular weight excluding hydrogens is 159 g/mol. The zero-order valence-electron chi connectivity index (χ0n) is 6.77. The molecule has 0 saturated carbocycles. The summed E-state index contributed by atoms with van der Waals surface area (Å²) in [4.78, 5) is 2.72. The maximum absolute atomic E-state index is 11.8. The lowest BCUT2D eigenvalue weighted by atomic mass is 10.3. The van der Waals surface area contributed by atoms with Crippen molar-refractivity contribution in [3.05, 3.63) is 21.9 Å². The smallest absolute Gasteiger partial charge is 0.0897 e. The Morgan fingerprint density at radius 1 is 1.36 bits per heavy atom. The first kappa shape index (κ1) is 8.72. The molecule has 1 rings (SSSR count). The first-order chi connectivity index (χ1) is 5.36. The number of aryl methyl sites for hydroxylation is 2. The monoisotopic (exact) mass is 172 g/mol.